The van der Waals surface area contributed by atoms with E-state index in [-0.39, 0.29) is 24.7 Å². The molecule has 0 spiro atoms. The van der Waals surface area contributed by atoms with Gasteiger partial charge in [0.05, 0.1) is 12.2 Å². The first kappa shape index (κ1) is 16.0. The van der Waals surface area contributed by atoms with Crippen LogP contribution in [-0.4, -0.2) is 30.1 Å². The summed E-state index contributed by atoms with van der Waals surface area (Å²) >= 11 is 0. The van der Waals surface area contributed by atoms with Gasteiger partial charge in [-0.15, -0.1) is 0 Å². The molecular formula is C20H16N2O4. The predicted molar refractivity (Wildman–Crippen MR) is 98.5 cm³/mol. The molecule has 2 N–H and O–H groups in total. The van der Waals surface area contributed by atoms with Gasteiger partial charge in [0.15, 0.2) is 5.75 Å². The first-order chi connectivity index (χ1) is 12.6. The Labute approximate surface area is 149 Å². The van der Waals surface area contributed by atoms with Crippen LogP contribution in [0.4, 0.5) is 11.4 Å². The number of para-hydroxylation sites is 2. The Hall–Kier alpha value is -3.54. The molecule has 6 heteroatoms. The number of anilines is 2. The van der Waals surface area contributed by atoms with E-state index in [1.807, 2.05) is 18.2 Å². The first-order valence-corrected chi connectivity index (χ1v) is 8.17. The second-order valence-corrected chi connectivity index (χ2v) is 6.02. The number of aromatic hydroxyl groups is 1. The highest BCUT2D eigenvalue weighted by molar-refractivity contribution is 6.05. The standard InChI is InChI=1S/C20H16N2O4/c23-17-9-4-5-13-14(17)6-3-7-15(13)21-19(24)11-22-12-20(25)26-18-10-2-1-8-16(18)22/h1-10,23H,11-12H2,(H,21,24). The molecule has 3 aromatic rings. The van der Waals surface area contributed by atoms with Gasteiger partial charge in [-0.1, -0.05) is 36.4 Å². The topological polar surface area (TPSA) is 78.9 Å². The molecule has 0 aliphatic carbocycles. The Kier molecular flexibility index (Phi) is 3.93. The third-order valence-electron chi connectivity index (χ3n) is 4.26. The number of nitrogens with zero attached hydrogens (tertiary/aromatic N) is 1. The van der Waals surface area contributed by atoms with Gasteiger partial charge in [-0.2, -0.15) is 0 Å². The fourth-order valence-electron chi connectivity index (χ4n) is 3.11. The number of amides is 1. The fourth-order valence-corrected chi connectivity index (χ4v) is 3.11. The Bertz CT molecular complexity index is 1020. The third kappa shape index (κ3) is 2.93. The summed E-state index contributed by atoms with van der Waals surface area (Å²) < 4.78 is 5.19. The second-order valence-electron chi connectivity index (χ2n) is 6.02. The Morgan fingerprint density at radius 2 is 1.81 bits per heavy atom. The highest BCUT2D eigenvalue weighted by Crippen LogP contribution is 2.32. The van der Waals surface area contributed by atoms with Gasteiger partial charge in [-0.25, -0.2) is 4.79 Å². The van der Waals surface area contributed by atoms with Gasteiger partial charge in [-0.3, -0.25) is 4.79 Å². The van der Waals surface area contributed by atoms with Gasteiger partial charge in [0.1, 0.15) is 12.3 Å². The van der Waals surface area contributed by atoms with E-state index in [9.17, 15) is 14.7 Å². The van der Waals surface area contributed by atoms with Crippen LogP contribution in [0, 0.1) is 0 Å². The summed E-state index contributed by atoms with van der Waals surface area (Å²) in [4.78, 5) is 26.0. The zero-order valence-corrected chi connectivity index (χ0v) is 13.8. The van der Waals surface area contributed by atoms with Crippen molar-refractivity contribution in [2.24, 2.45) is 0 Å². The van der Waals surface area contributed by atoms with E-state index in [0.29, 0.717) is 22.5 Å². The average Bonchev–Trinajstić information content (AvgIpc) is 2.62. The number of carbonyl (C=O) groups excluding carboxylic acids is 2. The predicted octanol–water partition coefficient (Wildman–Crippen LogP) is 2.91. The number of nitrogens with one attached hydrogen (secondary N) is 1. The minimum Gasteiger partial charge on any atom is -0.507 e. The molecular weight excluding hydrogens is 332 g/mol. The number of phenols is 1. The smallest absolute Gasteiger partial charge is 0.331 e. The summed E-state index contributed by atoms with van der Waals surface area (Å²) in [5, 5.41) is 14.2. The van der Waals surface area contributed by atoms with Gasteiger partial charge in [-0.05, 0) is 24.3 Å². The second kappa shape index (κ2) is 6.40. The Morgan fingerprint density at radius 3 is 2.69 bits per heavy atom. The molecule has 130 valence electrons. The van der Waals surface area contributed by atoms with Crippen molar-refractivity contribution in [1.29, 1.82) is 0 Å². The monoisotopic (exact) mass is 348 g/mol. The zero-order chi connectivity index (χ0) is 18.1. The third-order valence-corrected chi connectivity index (χ3v) is 4.26. The van der Waals surface area contributed by atoms with Crippen LogP contribution in [0.3, 0.4) is 0 Å². The van der Waals surface area contributed by atoms with Crippen LogP contribution in [0.15, 0.2) is 60.7 Å². The maximum Gasteiger partial charge on any atom is 0.331 e. The van der Waals surface area contributed by atoms with Crippen molar-refractivity contribution in [3.05, 3.63) is 60.7 Å². The van der Waals surface area contributed by atoms with Crippen molar-refractivity contribution in [3.8, 4) is 11.5 Å². The van der Waals surface area contributed by atoms with Crippen molar-refractivity contribution in [1.82, 2.24) is 0 Å². The number of ether oxygens (including phenoxy) is 1. The van der Waals surface area contributed by atoms with Gasteiger partial charge < -0.3 is 20.1 Å². The van der Waals surface area contributed by atoms with Crippen LogP contribution in [0.5, 0.6) is 11.5 Å². The summed E-state index contributed by atoms with van der Waals surface area (Å²) in [6.07, 6.45) is 0. The molecule has 0 saturated carbocycles. The largest absolute Gasteiger partial charge is 0.507 e. The van der Waals surface area contributed by atoms with Crippen LogP contribution in [0.1, 0.15) is 0 Å². The SMILES string of the molecule is O=C(CN1CC(=O)Oc2ccccc21)Nc1cccc2c(O)cccc12. The molecule has 1 amide bonds. The molecule has 1 heterocycles. The lowest BCUT2D eigenvalue weighted by molar-refractivity contribution is -0.133. The minimum atomic E-state index is -0.397. The molecule has 4 rings (SSSR count). The van der Waals surface area contributed by atoms with E-state index in [1.54, 1.807) is 47.4 Å². The van der Waals surface area contributed by atoms with Gasteiger partial charge >= 0.3 is 5.97 Å². The molecule has 0 atom stereocenters. The van der Waals surface area contributed by atoms with E-state index in [4.69, 9.17) is 4.74 Å². The van der Waals surface area contributed by atoms with Crippen LogP contribution in [-0.2, 0) is 9.59 Å². The summed E-state index contributed by atoms with van der Waals surface area (Å²) in [5.41, 5.74) is 1.31. The van der Waals surface area contributed by atoms with Crippen LogP contribution in [0.2, 0.25) is 0 Å². The summed E-state index contributed by atoms with van der Waals surface area (Å²) in [6.45, 7) is 0.0298. The zero-order valence-electron chi connectivity index (χ0n) is 13.8. The normalized spacial score (nSPS) is 13.2. The highest BCUT2D eigenvalue weighted by Gasteiger charge is 2.25. The van der Waals surface area contributed by atoms with Crippen LogP contribution >= 0.6 is 0 Å². The number of rotatable bonds is 3. The molecule has 0 fully saturated rings. The van der Waals surface area contributed by atoms with E-state index >= 15 is 0 Å². The van der Waals surface area contributed by atoms with Crippen molar-refractivity contribution >= 4 is 34.0 Å². The number of hydrogen-bond donors (Lipinski definition) is 2. The number of benzene rings is 3. The number of esters is 1. The first-order valence-electron chi connectivity index (χ1n) is 8.17. The molecule has 3 aromatic carbocycles. The molecule has 0 saturated heterocycles. The van der Waals surface area contributed by atoms with E-state index in [0.717, 1.165) is 5.39 Å². The quantitative estimate of drug-likeness (QED) is 0.562. The highest BCUT2D eigenvalue weighted by atomic mass is 16.5. The van der Waals surface area contributed by atoms with Gasteiger partial charge in [0.25, 0.3) is 0 Å². The van der Waals surface area contributed by atoms with Crippen molar-refractivity contribution < 1.29 is 19.4 Å². The van der Waals surface area contributed by atoms with E-state index in [2.05, 4.69) is 5.32 Å². The molecule has 26 heavy (non-hydrogen) atoms. The van der Waals surface area contributed by atoms with Crippen molar-refractivity contribution in [3.63, 3.8) is 0 Å². The molecule has 0 unspecified atom stereocenters. The number of phenolic OH excluding ortho intramolecular Hbond substituents is 1. The lowest BCUT2D eigenvalue weighted by Crippen LogP contribution is -2.41. The molecule has 6 nitrogen and oxygen atoms in total. The summed E-state index contributed by atoms with van der Waals surface area (Å²) in [6, 6.07) is 17.6. The molecule has 0 bridgehead atoms. The van der Waals surface area contributed by atoms with Gasteiger partial charge in [0.2, 0.25) is 5.91 Å². The molecule has 1 aliphatic heterocycles. The number of carbonyl (C=O) groups is 2. The molecule has 1 aliphatic rings. The lowest BCUT2D eigenvalue weighted by Gasteiger charge is -2.29. The number of hydrogen-bond acceptors (Lipinski definition) is 5. The maximum absolute atomic E-state index is 12.6. The summed E-state index contributed by atoms with van der Waals surface area (Å²) in [7, 11) is 0. The summed E-state index contributed by atoms with van der Waals surface area (Å²) in [5.74, 6) is -0.0464. The van der Waals surface area contributed by atoms with E-state index in [1.165, 1.54) is 0 Å². The fraction of sp³-hybridized carbons (Fsp3) is 0.100. The Balaban J connectivity index is 1.57. The molecule has 0 aromatic heterocycles. The van der Waals surface area contributed by atoms with Crippen LogP contribution < -0.4 is 15.0 Å². The van der Waals surface area contributed by atoms with E-state index < -0.39 is 5.97 Å². The van der Waals surface area contributed by atoms with Crippen molar-refractivity contribution in [2.75, 3.05) is 23.3 Å². The minimum absolute atomic E-state index is 0.0146. The van der Waals surface area contributed by atoms with Crippen LogP contribution in [0.25, 0.3) is 10.8 Å². The van der Waals surface area contributed by atoms with Gasteiger partial charge in [0, 0.05) is 16.5 Å². The lowest BCUT2D eigenvalue weighted by atomic mass is 10.1. The molecule has 0 radical (unpaired) electrons. The average molecular weight is 348 g/mol. The van der Waals surface area contributed by atoms with Crippen molar-refractivity contribution in [2.45, 2.75) is 0 Å². The Morgan fingerprint density at radius 1 is 1.04 bits per heavy atom. The number of fused-ring (bicyclic) bond motifs is 2. The maximum atomic E-state index is 12.6.